The van der Waals surface area contributed by atoms with Gasteiger partial charge in [-0.2, -0.15) is 0 Å². The smallest absolute Gasteiger partial charge is 0.128 e. The van der Waals surface area contributed by atoms with Crippen molar-refractivity contribution in [2.24, 2.45) is 11.8 Å². The Morgan fingerprint density at radius 2 is 1.95 bits per heavy atom. The van der Waals surface area contributed by atoms with Gasteiger partial charge in [-0.1, -0.05) is 19.8 Å². The van der Waals surface area contributed by atoms with Gasteiger partial charge in [-0.15, -0.1) is 0 Å². The molecule has 1 atom stereocenters. The van der Waals surface area contributed by atoms with Crippen LogP contribution >= 0.6 is 0 Å². The van der Waals surface area contributed by atoms with Crippen molar-refractivity contribution in [2.45, 2.75) is 58.9 Å². The van der Waals surface area contributed by atoms with Crippen LogP contribution in [0.2, 0.25) is 0 Å². The molecule has 1 saturated carbocycles. The highest BCUT2D eigenvalue weighted by molar-refractivity contribution is 5.41. The number of hydrogen-bond donors (Lipinski definition) is 1. The summed E-state index contributed by atoms with van der Waals surface area (Å²) < 4.78 is 5.53. The number of rotatable bonds is 5. The standard InChI is InChI=1S/C18H30N2O/c1-12-6-8-15(9-7-12)17(19-4)10-16-14(3)18(21-5)13(2)11-20-16/h11-12,15,17,19H,6-10H2,1-5H3. The van der Waals surface area contributed by atoms with Crippen molar-refractivity contribution in [3.05, 3.63) is 23.0 Å². The minimum Gasteiger partial charge on any atom is -0.496 e. The Bertz CT molecular complexity index is 465. The van der Waals surface area contributed by atoms with E-state index in [4.69, 9.17) is 4.74 Å². The molecule has 1 unspecified atom stereocenters. The fourth-order valence-corrected chi connectivity index (χ4v) is 3.68. The third-order valence-electron chi connectivity index (χ3n) is 5.16. The molecule has 2 rings (SSSR count). The molecule has 0 aliphatic heterocycles. The summed E-state index contributed by atoms with van der Waals surface area (Å²) >= 11 is 0. The molecule has 3 nitrogen and oxygen atoms in total. The summed E-state index contributed by atoms with van der Waals surface area (Å²) in [6.45, 7) is 6.56. The van der Waals surface area contributed by atoms with E-state index in [0.717, 1.165) is 29.6 Å². The van der Waals surface area contributed by atoms with Crippen LogP contribution in [0.4, 0.5) is 0 Å². The van der Waals surface area contributed by atoms with Gasteiger partial charge in [-0.3, -0.25) is 4.98 Å². The number of nitrogens with zero attached hydrogens (tertiary/aromatic N) is 1. The quantitative estimate of drug-likeness (QED) is 0.898. The van der Waals surface area contributed by atoms with Gasteiger partial charge in [0, 0.05) is 35.5 Å². The van der Waals surface area contributed by atoms with Crippen molar-refractivity contribution in [3.63, 3.8) is 0 Å². The lowest BCUT2D eigenvalue weighted by Crippen LogP contribution is -2.38. The highest BCUT2D eigenvalue weighted by atomic mass is 16.5. The molecule has 118 valence electrons. The van der Waals surface area contributed by atoms with Crippen LogP contribution in [0.15, 0.2) is 6.20 Å². The van der Waals surface area contributed by atoms with Crippen molar-refractivity contribution in [3.8, 4) is 5.75 Å². The lowest BCUT2D eigenvalue weighted by molar-refractivity contribution is 0.234. The predicted molar refractivity (Wildman–Crippen MR) is 87.9 cm³/mol. The summed E-state index contributed by atoms with van der Waals surface area (Å²) in [6, 6.07) is 0.524. The van der Waals surface area contributed by atoms with E-state index in [9.17, 15) is 0 Å². The average Bonchev–Trinajstić information content (AvgIpc) is 2.48. The summed E-state index contributed by atoms with van der Waals surface area (Å²) in [5, 5.41) is 3.53. The number of aryl methyl sites for hydroxylation is 1. The van der Waals surface area contributed by atoms with Crippen molar-refractivity contribution in [2.75, 3.05) is 14.2 Å². The second-order valence-electron chi connectivity index (χ2n) is 6.67. The summed E-state index contributed by atoms with van der Waals surface area (Å²) in [5.41, 5.74) is 3.49. The minimum absolute atomic E-state index is 0.524. The molecule has 0 spiro atoms. The van der Waals surface area contributed by atoms with Gasteiger partial charge in [0.15, 0.2) is 0 Å². The molecular formula is C18H30N2O. The summed E-state index contributed by atoms with van der Waals surface area (Å²) in [4.78, 5) is 4.66. The van der Waals surface area contributed by atoms with Crippen molar-refractivity contribution in [1.29, 1.82) is 0 Å². The van der Waals surface area contributed by atoms with Crippen LogP contribution in [0.25, 0.3) is 0 Å². The number of ether oxygens (including phenoxy) is 1. The van der Waals surface area contributed by atoms with Gasteiger partial charge in [-0.05, 0) is 45.6 Å². The predicted octanol–water partition coefficient (Wildman–Crippen LogP) is 3.66. The summed E-state index contributed by atoms with van der Waals surface area (Å²) in [7, 11) is 3.83. The Labute approximate surface area is 129 Å². The second-order valence-corrected chi connectivity index (χ2v) is 6.67. The van der Waals surface area contributed by atoms with Crippen LogP contribution in [-0.2, 0) is 6.42 Å². The molecule has 1 heterocycles. The Morgan fingerprint density at radius 3 is 2.52 bits per heavy atom. The fraction of sp³-hybridized carbons (Fsp3) is 0.722. The molecule has 1 aromatic heterocycles. The Morgan fingerprint density at radius 1 is 1.29 bits per heavy atom. The van der Waals surface area contributed by atoms with Gasteiger partial charge < -0.3 is 10.1 Å². The monoisotopic (exact) mass is 290 g/mol. The van der Waals surface area contributed by atoms with Crippen molar-refractivity contribution < 1.29 is 4.74 Å². The van der Waals surface area contributed by atoms with Crippen LogP contribution in [0.5, 0.6) is 5.75 Å². The van der Waals surface area contributed by atoms with Crippen molar-refractivity contribution >= 4 is 0 Å². The average molecular weight is 290 g/mol. The zero-order valence-electron chi connectivity index (χ0n) is 14.2. The lowest BCUT2D eigenvalue weighted by atomic mass is 9.78. The molecule has 1 aromatic rings. The Hall–Kier alpha value is -1.09. The van der Waals surface area contributed by atoms with Gasteiger partial charge in [0.2, 0.25) is 0 Å². The number of pyridine rings is 1. The van der Waals surface area contributed by atoms with Gasteiger partial charge in [0.05, 0.1) is 7.11 Å². The first-order chi connectivity index (χ1) is 10.1. The van der Waals surface area contributed by atoms with Gasteiger partial charge in [0.1, 0.15) is 5.75 Å². The van der Waals surface area contributed by atoms with E-state index < -0.39 is 0 Å². The van der Waals surface area contributed by atoms with E-state index in [1.54, 1.807) is 7.11 Å². The highest BCUT2D eigenvalue weighted by Crippen LogP contribution is 2.32. The first-order valence-electron chi connectivity index (χ1n) is 8.23. The third-order valence-corrected chi connectivity index (χ3v) is 5.16. The summed E-state index contributed by atoms with van der Waals surface area (Å²) in [5.74, 6) is 2.67. The van der Waals surface area contributed by atoms with Crippen LogP contribution < -0.4 is 10.1 Å². The zero-order chi connectivity index (χ0) is 15.4. The van der Waals surface area contributed by atoms with E-state index in [-0.39, 0.29) is 0 Å². The van der Waals surface area contributed by atoms with E-state index in [2.05, 4.69) is 38.1 Å². The topological polar surface area (TPSA) is 34.2 Å². The summed E-state index contributed by atoms with van der Waals surface area (Å²) in [6.07, 6.45) is 8.36. The van der Waals surface area contributed by atoms with Gasteiger partial charge in [-0.25, -0.2) is 0 Å². The Balaban J connectivity index is 2.12. The maximum absolute atomic E-state index is 5.53. The van der Waals surface area contributed by atoms with Crippen LogP contribution in [0, 0.1) is 25.7 Å². The van der Waals surface area contributed by atoms with Gasteiger partial charge >= 0.3 is 0 Å². The lowest BCUT2D eigenvalue weighted by Gasteiger charge is -2.33. The molecule has 3 heteroatoms. The Kier molecular flexibility index (Phi) is 5.63. The van der Waals surface area contributed by atoms with Crippen LogP contribution in [0.1, 0.15) is 49.4 Å². The molecular weight excluding hydrogens is 260 g/mol. The number of nitrogens with one attached hydrogen (secondary N) is 1. The van der Waals surface area contributed by atoms with E-state index in [1.165, 1.54) is 36.9 Å². The number of likely N-dealkylation sites (N-methyl/N-ethyl adjacent to an activating group) is 1. The maximum Gasteiger partial charge on any atom is 0.128 e. The molecule has 0 aromatic carbocycles. The van der Waals surface area contributed by atoms with Gasteiger partial charge in [0.25, 0.3) is 0 Å². The number of hydrogen-bond acceptors (Lipinski definition) is 3. The molecule has 21 heavy (non-hydrogen) atoms. The molecule has 1 aliphatic carbocycles. The molecule has 1 aliphatic rings. The van der Waals surface area contributed by atoms with E-state index >= 15 is 0 Å². The number of aromatic nitrogens is 1. The molecule has 0 bridgehead atoms. The maximum atomic E-state index is 5.53. The van der Waals surface area contributed by atoms with E-state index in [0.29, 0.717) is 6.04 Å². The second kappa shape index (κ2) is 7.26. The normalized spacial score (nSPS) is 23.9. The van der Waals surface area contributed by atoms with Crippen LogP contribution in [0.3, 0.4) is 0 Å². The first kappa shape index (κ1) is 16.3. The largest absolute Gasteiger partial charge is 0.496 e. The minimum atomic E-state index is 0.524. The zero-order valence-corrected chi connectivity index (χ0v) is 14.2. The number of methoxy groups -OCH3 is 1. The molecule has 0 amide bonds. The molecule has 0 radical (unpaired) electrons. The molecule has 0 saturated heterocycles. The molecule has 1 fully saturated rings. The van der Waals surface area contributed by atoms with Crippen LogP contribution in [-0.4, -0.2) is 25.2 Å². The first-order valence-corrected chi connectivity index (χ1v) is 8.23. The SMILES string of the molecule is CNC(Cc1ncc(C)c(OC)c1C)C1CCC(C)CC1. The molecule has 1 N–H and O–H groups in total. The fourth-order valence-electron chi connectivity index (χ4n) is 3.68. The van der Waals surface area contributed by atoms with Crippen molar-refractivity contribution in [1.82, 2.24) is 10.3 Å². The highest BCUT2D eigenvalue weighted by Gasteiger charge is 2.26. The third kappa shape index (κ3) is 3.76. The van der Waals surface area contributed by atoms with E-state index in [1.807, 2.05) is 6.20 Å².